The van der Waals surface area contributed by atoms with Gasteiger partial charge in [0.15, 0.2) is 0 Å². The van der Waals surface area contributed by atoms with E-state index >= 15 is 0 Å². The summed E-state index contributed by atoms with van der Waals surface area (Å²) in [5, 5.41) is 0. The van der Waals surface area contributed by atoms with E-state index in [1.54, 1.807) is 5.57 Å². The Labute approximate surface area is 127 Å². The number of hydrogen-bond donors (Lipinski definition) is 0. The van der Waals surface area contributed by atoms with Gasteiger partial charge in [-0.25, -0.2) is 0 Å². The molecule has 0 N–H and O–H groups in total. The van der Waals surface area contributed by atoms with Gasteiger partial charge in [-0.3, -0.25) is 9.59 Å². The second-order valence-electron chi connectivity index (χ2n) is 8.33. The first-order valence-corrected chi connectivity index (χ1v) is 8.72. The minimum absolute atomic E-state index is 0.125. The first-order valence-electron chi connectivity index (χ1n) is 8.72. The van der Waals surface area contributed by atoms with Crippen molar-refractivity contribution in [3.05, 3.63) is 11.1 Å². The van der Waals surface area contributed by atoms with Gasteiger partial charge in [0, 0.05) is 24.7 Å². The van der Waals surface area contributed by atoms with Crippen molar-refractivity contribution in [1.82, 2.24) is 0 Å². The summed E-state index contributed by atoms with van der Waals surface area (Å²) < 4.78 is 0. The lowest BCUT2D eigenvalue weighted by molar-refractivity contribution is -0.127. The van der Waals surface area contributed by atoms with Gasteiger partial charge in [0.25, 0.3) is 0 Å². The lowest BCUT2D eigenvalue weighted by atomic mass is 9.49. The van der Waals surface area contributed by atoms with Crippen molar-refractivity contribution in [3.63, 3.8) is 0 Å². The molecule has 0 heterocycles. The fraction of sp³-hybridized carbons (Fsp3) is 0.789. The Kier molecular flexibility index (Phi) is 2.81. The predicted molar refractivity (Wildman–Crippen MR) is 81.8 cm³/mol. The second-order valence-corrected chi connectivity index (χ2v) is 8.33. The maximum Gasteiger partial charge on any atom is 0.143 e. The fourth-order valence-electron chi connectivity index (χ4n) is 6.08. The minimum atomic E-state index is -0.125. The molecule has 4 rings (SSSR count). The van der Waals surface area contributed by atoms with Crippen LogP contribution in [0.5, 0.6) is 0 Å². The van der Waals surface area contributed by atoms with Gasteiger partial charge in [0.2, 0.25) is 0 Å². The molecule has 0 saturated heterocycles. The first-order chi connectivity index (χ1) is 9.95. The highest BCUT2D eigenvalue weighted by molar-refractivity contribution is 5.91. The van der Waals surface area contributed by atoms with Crippen LogP contribution in [0.1, 0.15) is 71.6 Å². The molecule has 114 valence electrons. The quantitative estimate of drug-likeness (QED) is 0.624. The third-order valence-electron chi connectivity index (χ3n) is 7.53. The van der Waals surface area contributed by atoms with E-state index in [0.717, 1.165) is 44.9 Å². The molecule has 3 saturated carbocycles. The molecule has 2 heteroatoms. The number of Topliss-reactive ketones (excluding diaryl/α,β-unsaturated/α-hetero) is 2. The van der Waals surface area contributed by atoms with Crippen molar-refractivity contribution in [1.29, 1.82) is 0 Å². The number of ketones is 2. The van der Waals surface area contributed by atoms with Gasteiger partial charge in [-0.1, -0.05) is 18.1 Å². The van der Waals surface area contributed by atoms with Crippen LogP contribution in [0.3, 0.4) is 0 Å². The summed E-state index contributed by atoms with van der Waals surface area (Å²) in [6.45, 7) is 4.63. The van der Waals surface area contributed by atoms with E-state index in [-0.39, 0.29) is 5.41 Å². The molecule has 0 aromatic rings. The number of rotatable bonds is 0. The van der Waals surface area contributed by atoms with Crippen LogP contribution in [-0.4, -0.2) is 11.6 Å². The SMILES string of the molecule is C[C@]12CC[C@H]3C(=C1CCC2=O)CC[C@H]1CC(=O)CC[C@@]13C. The predicted octanol–water partition coefficient (Wildman–Crippen LogP) is 4.23. The molecule has 0 unspecified atom stereocenters. The summed E-state index contributed by atoms with van der Waals surface area (Å²) in [7, 11) is 0. The molecule has 3 fully saturated rings. The number of hydrogen-bond acceptors (Lipinski definition) is 2. The summed E-state index contributed by atoms with van der Waals surface area (Å²) in [5.41, 5.74) is 3.35. The highest BCUT2D eigenvalue weighted by atomic mass is 16.1. The van der Waals surface area contributed by atoms with Crippen LogP contribution in [0.2, 0.25) is 0 Å². The maximum absolute atomic E-state index is 12.3. The number of carbonyl (C=O) groups is 2. The van der Waals surface area contributed by atoms with E-state index in [1.807, 2.05) is 0 Å². The fourth-order valence-corrected chi connectivity index (χ4v) is 6.08. The zero-order valence-electron chi connectivity index (χ0n) is 13.3. The average Bonchev–Trinajstić information content (AvgIpc) is 2.76. The molecule has 4 aliphatic rings. The molecule has 21 heavy (non-hydrogen) atoms. The van der Waals surface area contributed by atoms with Crippen molar-refractivity contribution >= 4 is 11.6 Å². The smallest absolute Gasteiger partial charge is 0.143 e. The Morgan fingerprint density at radius 1 is 0.952 bits per heavy atom. The van der Waals surface area contributed by atoms with Crippen molar-refractivity contribution < 1.29 is 9.59 Å². The Morgan fingerprint density at radius 2 is 1.76 bits per heavy atom. The number of fused-ring (bicyclic) bond motifs is 4. The highest BCUT2D eigenvalue weighted by Gasteiger charge is 2.54. The molecule has 4 atom stereocenters. The van der Waals surface area contributed by atoms with Gasteiger partial charge in [-0.05, 0) is 62.7 Å². The maximum atomic E-state index is 12.3. The largest absolute Gasteiger partial charge is 0.300 e. The summed E-state index contributed by atoms with van der Waals surface area (Å²) in [6, 6.07) is 0. The third-order valence-corrected chi connectivity index (χ3v) is 7.53. The lowest BCUT2D eigenvalue weighted by Crippen LogP contribution is -2.47. The van der Waals surface area contributed by atoms with E-state index < -0.39 is 0 Å². The van der Waals surface area contributed by atoms with E-state index in [9.17, 15) is 9.59 Å². The Balaban J connectivity index is 1.76. The van der Waals surface area contributed by atoms with Crippen LogP contribution in [0.15, 0.2) is 11.1 Å². The van der Waals surface area contributed by atoms with Crippen LogP contribution in [-0.2, 0) is 9.59 Å². The van der Waals surface area contributed by atoms with E-state index in [1.165, 1.54) is 18.4 Å². The molecule has 0 spiro atoms. The number of allylic oxidation sites excluding steroid dienone is 2. The van der Waals surface area contributed by atoms with Gasteiger partial charge in [-0.15, -0.1) is 0 Å². The van der Waals surface area contributed by atoms with Crippen molar-refractivity contribution in [3.8, 4) is 0 Å². The molecular weight excluding hydrogens is 260 g/mol. The van der Waals surface area contributed by atoms with Gasteiger partial charge in [0.05, 0.1) is 0 Å². The van der Waals surface area contributed by atoms with Crippen LogP contribution in [0.4, 0.5) is 0 Å². The Bertz CT molecular complexity index is 558. The van der Waals surface area contributed by atoms with Crippen molar-refractivity contribution in [2.45, 2.75) is 71.6 Å². The zero-order chi connectivity index (χ0) is 14.8. The topological polar surface area (TPSA) is 34.1 Å². The zero-order valence-corrected chi connectivity index (χ0v) is 13.3. The molecule has 0 aromatic carbocycles. The summed E-state index contributed by atoms with van der Waals surface area (Å²) in [4.78, 5) is 24.2. The van der Waals surface area contributed by atoms with Crippen molar-refractivity contribution in [2.75, 3.05) is 0 Å². The van der Waals surface area contributed by atoms with Crippen LogP contribution >= 0.6 is 0 Å². The molecule has 2 nitrogen and oxygen atoms in total. The third kappa shape index (κ3) is 1.71. The molecule has 4 aliphatic carbocycles. The molecule has 0 bridgehead atoms. The van der Waals surface area contributed by atoms with Crippen LogP contribution in [0, 0.1) is 22.7 Å². The highest BCUT2D eigenvalue weighted by Crippen LogP contribution is 2.62. The molecule has 0 aliphatic heterocycles. The monoisotopic (exact) mass is 286 g/mol. The van der Waals surface area contributed by atoms with E-state index in [4.69, 9.17) is 0 Å². The van der Waals surface area contributed by atoms with Gasteiger partial charge in [0.1, 0.15) is 11.6 Å². The molecule has 0 radical (unpaired) electrons. The lowest BCUT2D eigenvalue weighted by Gasteiger charge is -2.54. The molecule has 0 aromatic heterocycles. The van der Waals surface area contributed by atoms with Crippen molar-refractivity contribution in [2.24, 2.45) is 22.7 Å². The van der Waals surface area contributed by atoms with Gasteiger partial charge in [-0.2, -0.15) is 0 Å². The minimum Gasteiger partial charge on any atom is -0.300 e. The average molecular weight is 286 g/mol. The van der Waals surface area contributed by atoms with Gasteiger partial charge < -0.3 is 0 Å². The van der Waals surface area contributed by atoms with Crippen LogP contribution in [0.25, 0.3) is 0 Å². The Hall–Kier alpha value is -0.920. The van der Waals surface area contributed by atoms with E-state index in [2.05, 4.69) is 13.8 Å². The Morgan fingerprint density at radius 3 is 2.57 bits per heavy atom. The van der Waals surface area contributed by atoms with Gasteiger partial charge >= 0.3 is 0 Å². The standard InChI is InChI=1S/C19H26O2/c1-18-9-7-13(20)11-12(18)3-4-14-15-5-6-17(21)19(15,2)10-8-16(14)18/h12,16H,3-11H2,1-2H3/t12-,16-,18-,19-/m0/s1. The second kappa shape index (κ2) is 4.30. The first kappa shape index (κ1) is 13.7. The summed E-state index contributed by atoms with van der Waals surface area (Å²) >= 11 is 0. The number of carbonyl (C=O) groups excluding carboxylic acids is 2. The molecule has 0 amide bonds. The summed E-state index contributed by atoms with van der Waals surface area (Å²) in [6.07, 6.45) is 8.98. The summed E-state index contributed by atoms with van der Waals surface area (Å²) in [5.74, 6) is 2.20. The van der Waals surface area contributed by atoms with Crippen LogP contribution < -0.4 is 0 Å². The normalized spacial score (nSPS) is 46.2. The van der Waals surface area contributed by atoms with E-state index in [0.29, 0.717) is 28.8 Å². The molecular formula is C19H26O2.